The molecule has 8 nitrogen and oxygen atoms in total. The molecule has 0 unspecified atom stereocenters. The number of sulfonamides is 1. The lowest BCUT2D eigenvalue weighted by atomic mass is 10.1. The first kappa shape index (κ1) is 20.6. The van der Waals surface area contributed by atoms with Gasteiger partial charge in [0.25, 0.3) is 5.56 Å². The van der Waals surface area contributed by atoms with Gasteiger partial charge in [-0.15, -0.1) is 0 Å². The molecule has 0 fully saturated rings. The van der Waals surface area contributed by atoms with Gasteiger partial charge in [0.05, 0.1) is 26.5 Å². The topological polar surface area (TPSA) is 99.5 Å². The van der Waals surface area contributed by atoms with E-state index in [0.717, 1.165) is 5.56 Å². The third-order valence-corrected chi connectivity index (χ3v) is 5.71. The fourth-order valence-electron chi connectivity index (χ4n) is 2.73. The summed E-state index contributed by atoms with van der Waals surface area (Å²) in [6.45, 7) is 0.0693. The maximum atomic E-state index is 12.6. The Morgan fingerprint density at radius 2 is 1.76 bits per heavy atom. The summed E-state index contributed by atoms with van der Waals surface area (Å²) in [5, 5.41) is 4.32. The predicted molar refractivity (Wildman–Crippen MR) is 109 cm³/mol. The summed E-state index contributed by atoms with van der Waals surface area (Å²) in [7, 11) is -0.984. The van der Waals surface area contributed by atoms with Crippen molar-refractivity contribution >= 4 is 10.0 Å². The van der Waals surface area contributed by atoms with Gasteiger partial charge in [0.1, 0.15) is 16.4 Å². The largest absolute Gasteiger partial charge is 0.497 e. The fraction of sp³-hybridized carbons (Fsp3) is 0.200. The molecule has 0 saturated heterocycles. The minimum atomic E-state index is -3.85. The van der Waals surface area contributed by atoms with E-state index in [0.29, 0.717) is 11.4 Å². The van der Waals surface area contributed by atoms with Crippen LogP contribution < -0.4 is 19.8 Å². The van der Waals surface area contributed by atoms with Crippen molar-refractivity contribution in [2.24, 2.45) is 0 Å². The molecule has 29 heavy (non-hydrogen) atoms. The number of ether oxygens (including phenoxy) is 2. The number of rotatable bonds is 8. The van der Waals surface area contributed by atoms with Crippen molar-refractivity contribution in [2.75, 3.05) is 20.8 Å². The molecule has 0 atom stereocenters. The molecular weight excluding hydrogens is 394 g/mol. The van der Waals surface area contributed by atoms with E-state index in [1.54, 1.807) is 6.07 Å². The zero-order valence-electron chi connectivity index (χ0n) is 16.0. The number of nitrogens with one attached hydrogen (secondary N) is 1. The van der Waals surface area contributed by atoms with Crippen LogP contribution in [0.4, 0.5) is 0 Å². The molecule has 9 heteroatoms. The molecule has 0 aliphatic rings. The summed E-state index contributed by atoms with van der Waals surface area (Å²) in [5.41, 5.74) is 1.18. The number of aromatic nitrogens is 2. The van der Waals surface area contributed by atoms with Gasteiger partial charge in [-0.3, -0.25) is 4.79 Å². The Balaban J connectivity index is 1.75. The van der Waals surface area contributed by atoms with E-state index >= 15 is 0 Å². The van der Waals surface area contributed by atoms with Crippen molar-refractivity contribution in [1.82, 2.24) is 14.5 Å². The van der Waals surface area contributed by atoms with Crippen molar-refractivity contribution in [3.05, 3.63) is 71.0 Å². The van der Waals surface area contributed by atoms with E-state index in [1.165, 1.54) is 43.2 Å². The highest BCUT2D eigenvalue weighted by atomic mass is 32.2. The summed E-state index contributed by atoms with van der Waals surface area (Å²) < 4.78 is 39.2. The minimum absolute atomic E-state index is 0.0112. The molecule has 1 heterocycles. The Morgan fingerprint density at radius 1 is 1.00 bits per heavy atom. The van der Waals surface area contributed by atoms with Crippen LogP contribution >= 0.6 is 0 Å². The average molecular weight is 415 g/mol. The number of hydrogen-bond acceptors (Lipinski definition) is 6. The van der Waals surface area contributed by atoms with E-state index in [1.807, 2.05) is 30.3 Å². The maximum Gasteiger partial charge on any atom is 0.266 e. The SMILES string of the molecule is COc1ccc(S(=O)(=O)NCCn2nc(-c3ccccc3)ccc2=O)c(OC)c1. The summed E-state index contributed by atoms with van der Waals surface area (Å²) in [6, 6.07) is 16.9. The van der Waals surface area contributed by atoms with Gasteiger partial charge in [-0.2, -0.15) is 5.10 Å². The third-order valence-electron chi connectivity index (χ3n) is 4.21. The first-order valence-corrected chi connectivity index (χ1v) is 10.3. The summed E-state index contributed by atoms with van der Waals surface area (Å²) >= 11 is 0. The van der Waals surface area contributed by atoms with Gasteiger partial charge in [0, 0.05) is 24.2 Å². The maximum absolute atomic E-state index is 12.6. The van der Waals surface area contributed by atoms with E-state index in [-0.39, 0.29) is 29.3 Å². The average Bonchev–Trinajstić information content (AvgIpc) is 2.75. The Morgan fingerprint density at radius 3 is 2.45 bits per heavy atom. The zero-order chi connectivity index (χ0) is 20.9. The molecule has 0 aliphatic carbocycles. The normalized spacial score (nSPS) is 11.2. The van der Waals surface area contributed by atoms with Crippen LogP contribution in [0.5, 0.6) is 11.5 Å². The van der Waals surface area contributed by atoms with Gasteiger partial charge in [-0.05, 0) is 18.2 Å². The smallest absolute Gasteiger partial charge is 0.266 e. The number of hydrogen-bond donors (Lipinski definition) is 1. The van der Waals surface area contributed by atoms with Crippen molar-refractivity contribution < 1.29 is 17.9 Å². The van der Waals surface area contributed by atoms with Crippen LogP contribution in [0.1, 0.15) is 0 Å². The molecule has 0 saturated carbocycles. The van der Waals surface area contributed by atoms with Crippen molar-refractivity contribution in [1.29, 1.82) is 0 Å². The minimum Gasteiger partial charge on any atom is -0.497 e. The zero-order valence-corrected chi connectivity index (χ0v) is 16.8. The first-order valence-electron chi connectivity index (χ1n) is 8.80. The molecule has 3 rings (SSSR count). The second kappa shape index (κ2) is 8.89. The predicted octanol–water partition coefficient (Wildman–Crippen LogP) is 1.91. The Bertz CT molecular complexity index is 1140. The lowest BCUT2D eigenvalue weighted by molar-refractivity contribution is 0.386. The van der Waals surface area contributed by atoms with Crippen LogP contribution in [0.3, 0.4) is 0 Å². The molecule has 2 aromatic carbocycles. The van der Waals surface area contributed by atoms with E-state index in [4.69, 9.17) is 9.47 Å². The van der Waals surface area contributed by atoms with Crippen molar-refractivity contribution in [3.63, 3.8) is 0 Å². The molecule has 0 amide bonds. The molecule has 152 valence electrons. The van der Waals surface area contributed by atoms with Gasteiger partial charge < -0.3 is 9.47 Å². The number of benzene rings is 2. The molecule has 0 radical (unpaired) electrons. The van der Waals surface area contributed by atoms with Gasteiger partial charge in [0.2, 0.25) is 10.0 Å². The first-order chi connectivity index (χ1) is 13.9. The van der Waals surface area contributed by atoms with Gasteiger partial charge in [0.15, 0.2) is 0 Å². The van der Waals surface area contributed by atoms with Gasteiger partial charge >= 0.3 is 0 Å². The molecule has 1 aromatic heterocycles. The van der Waals surface area contributed by atoms with Gasteiger partial charge in [-0.25, -0.2) is 17.8 Å². The number of methoxy groups -OCH3 is 2. The Kier molecular flexibility index (Phi) is 6.30. The second-order valence-electron chi connectivity index (χ2n) is 6.06. The van der Waals surface area contributed by atoms with Crippen LogP contribution in [0, 0.1) is 0 Å². The fourth-order valence-corrected chi connectivity index (χ4v) is 3.90. The molecule has 0 bridgehead atoms. The van der Waals surface area contributed by atoms with Crippen molar-refractivity contribution in [3.8, 4) is 22.8 Å². The van der Waals surface area contributed by atoms with Crippen LogP contribution in [0.25, 0.3) is 11.3 Å². The van der Waals surface area contributed by atoms with E-state index in [2.05, 4.69) is 9.82 Å². The lowest BCUT2D eigenvalue weighted by Crippen LogP contribution is -2.32. The lowest BCUT2D eigenvalue weighted by Gasteiger charge is -2.12. The monoisotopic (exact) mass is 415 g/mol. The van der Waals surface area contributed by atoms with Crippen LogP contribution in [-0.2, 0) is 16.6 Å². The second-order valence-corrected chi connectivity index (χ2v) is 7.80. The number of nitrogens with zero attached hydrogens (tertiary/aromatic N) is 2. The highest BCUT2D eigenvalue weighted by Gasteiger charge is 2.20. The molecule has 1 N–H and O–H groups in total. The highest BCUT2D eigenvalue weighted by molar-refractivity contribution is 7.89. The molecule has 0 aliphatic heterocycles. The van der Waals surface area contributed by atoms with Crippen LogP contribution in [0.2, 0.25) is 0 Å². The summed E-state index contributed by atoms with van der Waals surface area (Å²) in [6.07, 6.45) is 0. The summed E-state index contributed by atoms with van der Waals surface area (Å²) in [4.78, 5) is 12.1. The third kappa shape index (κ3) is 4.82. The van der Waals surface area contributed by atoms with Crippen LogP contribution in [0.15, 0.2) is 70.4 Å². The summed E-state index contributed by atoms with van der Waals surface area (Å²) in [5.74, 6) is 0.646. The van der Waals surface area contributed by atoms with Gasteiger partial charge in [-0.1, -0.05) is 30.3 Å². The standard InChI is InChI=1S/C20H21N3O5S/c1-27-16-8-10-19(18(14-16)28-2)29(25,26)21-12-13-23-20(24)11-9-17(22-23)15-6-4-3-5-7-15/h3-11,14,21H,12-13H2,1-2H3. The van der Waals surface area contributed by atoms with E-state index < -0.39 is 10.0 Å². The molecule has 3 aromatic rings. The van der Waals surface area contributed by atoms with Crippen molar-refractivity contribution in [2.45, 2.75) is 11.4 Å². The Hall–Kier alpha value is -3.17. The highest BCUT2D eigenvalue weighted by Crippen LogP contribution is 2.28. The quantitative estimate of drug-likeness (QED) is 0.603. The molecule has 0 spiro atoms. The Labute approximate surface area is 168 Å². The van der Waals surface area contributed by atoms with Crippen LogP contribution in [-0.4, -0.2) is 39.0 Å². The van der Waals surface area contributed by atoms with E-state index in [9.17, 15) is 13.2 Å². The molecular formula is C20H21N3O5S.